The first-order chi connectivity index (χ1) is 10.5. The predicted molar refractivity (Wildman–Crippen MR) is 98.6 cm³/mol. The number of hydrogen-bond donors (Lipinski definition) is 0. The quantitative estimate of drug-likeness (QED) is 0.524. The van der Waals surface area contributed by atoms with Crippen LogP contribution in [0.25, 0.3) is 6.08 Å². The third-order valence-corrected chi connectivity index (χ3v) is 4.81. The molecule has 0 atom stereocenters. The molecule has 3 rings (SSSR count). The highest BCUT2D eigenvalue weighted by molar-refractivity contribution is 8.27. The van der Waals surface area contributed by atoms with Crippen LogP contribution in [0.3, 0.4) is 0 Å². The SMILES string of the molecule is O=C1/C(=C/c2cccc(Cl)c2)SC(=S)N1c1ccc(Cl)cc1. The second-order valence-electron chi connectivity index (χ2n) is 4.55. The summed E-state index contributed by atoms with van der Waals surface area (Å²) in [4.78, 5) is 14.7. The number of halogens is 2. The summed E-state index contributed by atoms with van der Waals surface area (Å²) in [6, 6.07) is 14.3. The molecule has 0 bridgehead atoms. The number of amides is 1. The Hall–Kier alpha value is -1.33. The van der Waals surface area contributed by atoms with E-state index in [1.165, 1.54) is 16.7 Å². The van der Waals surface area contributed by atoms with Gasteiger partial charge in [-0.2, -0.15) is 0 Å². The number of rotatable bonds is 2. The molecule has 1 fully saturated rings. The van der Waals surface area contributed by atoms with E-state index in [0.29, 0.717) is 25.0 Å². The van der Waals surface area contributed by atoms with E-state index in [1.807, 2.05) is 12.1 Å². The van der Waals surface area contributed by atoms with Crippen LogP contribution in [0.4, 0.5) is 5.69 Å². The summed E-state index contributed by atoms with van der Waals surface area (Å²) in [5, 5.41) is 1.24. The Morgan fingerprint density at radius 2 is 1.77 bits per heavy atom. The zero-order valence-electron chi connectivity index (χ0n) is 11.1. The lowest BCUT2D eigenvalue weighted by Crippen LogP contribution is -2.27. The molecule has 0 aliphatic carbocycles. The molecule has 1 heterocycles. The third-order valence-electron chi connectivity index (χ3n) is 3.02. The number of anilines is 1. The molecule has 0 saturated carbocycles. The fourth-order valence-corrected chi connectivity index (χ4v) is 3.65. The molecule has 2 aromatic rings. The predicted octanol–water partition coefficient (Wildman–Crippen LogP) is 5.40. The van der Waals surface area contributed by atoms with Crippen LogP contribution in [0.1, 0.15) is 5.56 Å². The smallest absolute Gasteiger partial charge is 0.268 e. The summed E-state index contributed by atoms with van der Waals surface area (Å²) in [6.07, 6.45) is 1.79. The largest absolute Gasteiger partial charge is 0.270 e. The van der Waals surface area contributed by atoms with Gasteiger partial charge in [-0.15, -0.1) is 0 Å². The van der Waals surface area contributed by atoms with Crippen molar-refractivity contribution >= 4 is 69.2 Å². The molecule has 110 valence electrons. The normalized spacial score (nSPS) is 16.6. The molecule has 0 aromatic heterocycles. The van der Waals surface area contributed by atoms with Crippen molar-refractivity contribution in [2.45, 2.75) is 0 Å². The molecule has 0 radical (unpaired) electrons. The number of nitrogens with zero attached hydrogens (tertiary/aromatic N) is 1. The molecular weight excluding hydrogens is 357 g/mol. The lowest BCUT2D eigenvalue weighted by Gasteiger charge is -2.14. The maximum Gasteiger partial charge on any atom is 0.270 e. The van der Waals surface area contributed by atoms with E-state index in [0.717, 1.165) is 5.56 Å². The van der Waals surface area contributed by atoms with Gasteiger partial charge in [-0.05, 0) is 48.0 Å². The van der Waals surface area contributed by atoms with Gasteiger partial charge in [-0.25, -0.2) is 0 Å². The topological polar surface area (TPSA) is 20.3 Å². The van der Waals surface area contributed by atoms with Crippen LogP contribution in [-0.2, 0) is 4.79 Å². The summed E-state index contributed by atoms with van der Waals surface area (Å²) in [5.41, 5.74) is 1.57. The van der Waals surface area contributed by atoms with Gasteiger partial charge in [0.25, 0.3) is 5.91 Å². The lowest BCUT2D eigenvalue weighted by atomic mass is 10.2. The number of benzene rings is 2. The van der Waals surface area contributed by atoms with Gasteiger partial charge in [0.05, 0.1) is 10.6 Å². The second kappa shape index (κ2) is 6.42. The average molecular weight is 366 g/mol. The summed E-state index contributed by atoms with van der Waals surface area (Å²) in [5.74, 6) is -0.141. The maximum absolute atomic E-state index is 12.6. The van der Waals surface area contributed by atoms with Crippen molar-refractivity contribution in [1.29, 1.82) is 0 Å². The number of hydrogen-bond acceptors (Lipinski definition) is 3. The Balaban J connectivity index is 1.93. The molecule has 22 heavy (non-hydrogen) atoms. The molecule has 1 aliphatic rings. The van der Waals surface area contributed by atoms with E-state index in [2.05, 4.69) is 0 Å². The van der Waals surface area contributed by atoms with E-state index in [9.17, 15) is 4.79 Å². The zero-order valence-corrected chi connectivity index (χ0v) is 14.3. The minimum absolute atomic E-state index is 0.141. The molecule has 6 heteroatoms. The lowest BCUT2D eigenvalue weighted by molar-refractivity contribution is -0.113. The molecule has 2 aromatic carbocycles. The van der Waals surface area contributed by atoms with E-state index in [1.54, 1.807) is 42.5 Å². The molecule has 1 aliphatic heterocycles. The molecule has 1 saturated heterocycles. The molecule has 0 spiro atoms. The van der Waals surface area contributed by atoms with Crippen LogP contribution in [0.2, 0.25) is 10.0 Å². The maximum atomic E-state index is 12.6. The molecule has 1 amide bonds. The van der Waals surface area contributed by atoms with Crippen LogP contribution >= 0.6 is 47.2 Å². The van der Waals surface area contributed by atoms with Crippen molar-refractivity contribution in [3.8, 4) is 0 Å². The summed E-state index contributed by atoms with van der Waals surface area (Å²) in [7, 11) is 0. The van der Waals surface area contributed by atoms with Gasteiger partial charge in [-0.1, -0.05) is 59.3 Å². The minimum Gasteiger partial charge on any atom is -0.268 e. The molecule has 0 N–H and O–H groups in total. The van der Waals surface area contributed by atoms with Gasteiger partial charge in [0.2, 0.25) is 0 Å². The standard InChI is InChI=1S/C16H9Cl2NOS2/c17-11-4-6-13(7-5-11)19-15(20)14(22-16(19)21)9-10-2-1-3-12(18)8-10/h1-9H/b14-9-. The van der Waals surface area contributed by atoms with E-state index in [4.69, 9.17) is 35.4 Å². The zero-order chi connectivity index (χ0) is 15.7. The summed E-state index contributed by atoms with van der Waals surface area (Å²) in [6.45, 7) is 0. The second-order valence-corrected chi connectivity index (χ2v) is 7.10. The number of carbonyl (C=O) groups is 1. The van der Waals surface area contributed by atoms with Crippen molar-refractivity contribution in [1.82, 2.24) is 0 Å². The fourth-order valence-electron chi connectivity index (χ4n) is 2.03. The van der Waals surface area contributed by atoms with Crippen LogP contribution in [-0.4, -0.2) is 10.2 Å². The Kier molecular flexibility index (Phi) is 4.54. The highest BCUT2D eigenvalue weighted by Crippen LogP contribution is 2.36. The van der Waals surface area contributed by atoms with Crippen molar-refractivity contribution in [3.63, 3.8) is 0 Å². The number of thiocarbonyl (C=S) groups is 1. The van der Waals surface area contributed by atoms with Crippen LogP contribution in [0, 0.1) is 0 Å². The molecule has 2 nitrogen and oxygen atoms in total. The van der Waals surface area contributed by atoms with Crippen LogP contribution in [0.5, 0.6) is 0 Å². The summed E-state index contributed by atoms with van der Waals surface area (Å²) >= 11 is 18.4. The van der Waals surface area contributed by atoms with E-state index in [-0.39, 0.29) is 5.91 Å². The minimum atomic E-state index is -0.141. The fraction of sp³-hybridized carbons (Fsp3) is 0. The first kappa shape index (κ1) is 15.6. The van der Waals surface area contributed by atoms with Gasteiger partial charge < -0.3 is 0 Å². The highest BCUT2D eigenvalue weighted by atomic mass is 35.5. The van der Waals surface area contributed by atoms with Gasteiger partial charge in [0.15, 0.2) is 4.32 Å². The Morgan fingerprint density at radius 1 is 1.05 bits per heavy atom. The highest BCUT2D eigenvalue weighted by Gasteiger charge is 2.33. The first-order valence-corrected chi connectivity index (χ1v) is 8.32. The number of carbonyl (C=O) groups excluding carboxylic acids is 1. The van der Waals surface area contributed by atoms with Crippen molar-refractivity contribution in [2.24, 2.45) is 0 Å². The van der Waals surface area contributed by atoms with Crippen molar-refractivity contribution in [3.05, 3.63) is 69.0 Å². The van der Waals surface area contributed by atoms with Gasteiger partial charge >= 0.3 is 0 Å². The van der Waals surface area contributed by atoms with Crippen molar-refractivity contribution < 1.29 is 4.79 Å². The Morgan fingerprint density at radius 3 is 2.45 bits per heavy atom. The van der Waals surface area contributed by atoms with Crippen LogP contribution < -0.4 is 4.90 Å². The number of thioether (sulfide) groups is 1. The van der Waals surface area contributed by atoms with E-state index < -0.39 is 0 Å². The first-order valence-electron chi connectivity index (χ1n) is 6.34. The third kappa shape index (κ3) is 3.20. The molecular formula is C16H9Cl2NOS2. The Bertz CT molecular complexity index is 787. The van der Waals surface area contributed by atoms with Gasteiger partial charge in [-0.3, -0.25) is 9.69 Å². The summed E-state index contributed by atoms with van der Waals surface area (Å²) < 4.78 is 0.501. The van der Waals surface area contributed by atoms with Crippen molar-refractivity contribution in [2.75, 3.05) is 4.90 Å². The Labute approximate surface area is 147 Å². The molecule has 0 unspecified atom stereocenters. The average Bonchev–Trinajstić information content (AvgIpc) is 2.75. The monoisotopic (exact) mass is 365 g/mol. The van der Waals surface area contributed by atoms with E-state index >= 15 is 0 Å². The van der Waals surface area contributed by atoms with Gasteiger partial charge in [0, 0.05) is 10.0 Å². The van der Waals surface area contributed by atoms with Crippen LogP contribution in [0.15, 0.2) is 53.4 Å². The van der Waals surface area contributed by atoms with Gasteiger partial charge in [0.1, 0.15) is 0 Å².